The number of aliphatic hydroxyl groups is 1. The fourth-order valence-corrected chi connectivity index (χ4v) is 2.11. The van der Waals surface area contributed by atoms with Crippen LogP contribution in [-0.4, -0.2) is 22.9 Å². The summed E-state index contributed by atoms with van der Waals surface area (Å²) in [5.41, 5.74) is 0.956. The lowest BCUT2D eigenvalue weighted by atomic mass is 9.78. The van der Waals surface area contributed by atoms with E-state index in [4.69, 9.17) is 4.74 Å². The molecule has 0 aromatic carbocycles. The molecule has 1 saturated carbocycles. The Morgan fingerprint density at radius 2 is 2.25 bits per heavy atom. The van der Waals surface area contributed by atoms with Crippen LogP contribution in [0.25, 0.3) is 0 Å². The smallest absolute Gasteiger partial charge is 0.118 e. The summed E-state index contributed by atoms with van der Waals surface area (Å²) in [7, 11) is 0. The van der Waals surface area contributed by atoms with E-state index in [-0.39, 0.29) is 17.8 Å². The van der Waals surface area contributed by atoms with E-state index in [9.17, 15) is 5.11 Å². The molecule has 1 N–H and O–H groups in total. The lowest BCUT2D eigenvalue weighted by Crippen LogP contribution is -2.36. The molecule has 0 bridgehead atoms. The Labute approximate surface area is 73.2 Å². The van der Waals surface area contributed by atoms with Gasteiger partial charge in [0.15, 0.2) is 0 Å². The molecule has 1 unspecified atom stereocenters. The van der Waals surface area contributed by atoms with Gasteiger partial charge in [0.25, 0.3) is 0 Å². The van der Waals surface area contributed by atoms with Gasteiger partial charge in [-0.25, -0.2) is 0 Å². The molecule has 2 fully saturated rings. The van der Waals surface area contributed by atoms with E-state index in [1.54, 1.807) is 0 Å². The molecule has 2 rings (SSSR count). The maximum atomic E-state index is 9.73. The first-order valence-corrected chi connectivity index (χ1v) is 4.55. The van der Waals surface area contributed by atoms with Crippen LogP contribution in [0.2, 0.25) is 0 Å². The topological polar surface area (TPSA) is 32.8 Å². The highest BCUT2D eigenvalue weighted by atomic mass is 16.6. The molecule has 0 amide bonds. The van der Waals surface area contributed by atoms with Crippen molar-refractivity contribution in [3.63, 3.8) is 0 Å². The zero-order chi connectivity index (χ0) is 8.93. The lowest BCUT2D eigenvalue weighted by molar-refractivity contribution is 0.0641. The van der Waals surface area contributed by atoms with Gasteiger partial charge in [0.1, 0.15) is 5.60 Å². The molecule has 2 aliphatic rings. The third-order valence-corrected chi connectivity index (χ3v) is 3.34. The van der Waals surface area contributed by atoms with Crippen molar-refractivity contribution >= 4 is 0 Å². The van der Waals surface area contributed by atoms with Crippen molar-refractivity contribution in [2.45, 2.75) is 44.5 Å². The Kier molecular flexibility index (Phi) is 1.61. The van der Waals surface area contributed by atoms with Gasteiger partial charge in [-0.05, 0) is 32.6 Å². The third kappa shape index (κ3) is 1.02. The Bertz CT molecular complexity index is 224. The molecule has 4 atom stereocenters. The van der Waals surface area contributed by atoms with Crippen molar-refractivity contribution in [2.75, 3.05) is 0 Å². The molecular weight excluding hydrogens is 152 g/mol. The molecule has 68 valence electrons. The highest BCUT2D eigenvalue weighted by Gasteiger charge is 2.60. The fourth-order valence-electron chi connectivity index (χ4n) is 2.11. The second kappa shape index (κ2) is 2.33. The number of ether oxygens (including phenoxy) is 1. The van der Waals surface area contributed by atoms with E-state index in [2.05, 4.69) is 6.58 Å². The molecule has 1 saturated heterocycles. The van der Waals surface area contributed by atoms with E-state index in [0.29, 0.717) is 5.92 Å². The molecule has 1 aliphatic heterocycles. The Hall–Kier alpha value is -0.340. The van der Waals surface area contributed by atoms with E-state index in [1.807, 2.05) is 13.8 Å². The number of allylic oxidation sites excluding steroid dienone is 1. The number of hydrogen-bond donors (Lipinski definition) is 1. The number of fused-ring (bicyclic) bond motifs is 1. The van der Waals surface area contributed by atoms with Crippen LogP contribution in [-0.2, 0) is 4.74 Å². The van der Waals surface area contributed by atoms with Crippen LogP contribution in [0.5, 0.6) is 0 Å². The van der Waals surface area contributed by atoms with Crippen LogP contribution in [0.1, 0.15) is 26.7 Å². The molecule has 2 nitrogen and oxygen atoms in total. The lowest BCUT2D eigenvalue weighted by Gasteiger charge is -2.27. The summed E-state index contributed by atoms with van der Waals surface area (Å²) in [5.74, 6) is 0.459. The highest BCUT2D eigenvalue weighted by molar-refractivity contribution is 5.14. The highest BCUT2D eigenvalue weighted by Crippen LogP contribution is 2.50. The van der Waals surface area contributed by atoms with Crippen molar-refractivity contribution in [3.05, 3.63) is 12.2 Å². The maximum absolute atomic E-state index is 9.73. The zero-order valence-corrected chi connectivity index (χ0v) is 7.71. The first-order valence-electron chi connectivity index (χ1n) is 4.55. The van der Waals surface area contributed by atoms with Gasteiger partial charge in [-0.1, -0.05) is 12.2 Å². The number of rotatable bonds is 1. The zero-order valence-electron chi connectivity index (χ0n) is 7.71. The van der Waals surface area contributed by atoms with E-state index in [0.717, 1.165) is 12.8 Å². The van der Waals surface area contributed by atoms with Crippen LogP contribution >= 0.6 is 0 Å². The van der Waals surface area contributed by atoms with Crippen molar-refractivity contribution in [1.82, 2.24) is 0 Å². The Balaban J connectivity index is 2.06. The third-order valence-electron chi connectivity index (χ3n) is 3.34. The summed E-state index contributed by atoms with van der Waals surface area (Å²) >= 11 is 0. The van der Waals surface area contributed by atoms with Gasteiger partial charge < -0.3 is 9.84 Å². The quantitative estimate of drug-likeness (QED) is 0.475. The van der Waals surface area contributed by atoms with Crippen LogP contribution in [0.15, 0.2) is 12.2 Å². The first kappa shape index (κ1) is 8.27. The van der Waals surface area contributed by atoms with Crippen LogP contribution in [0, 0.1) is 5.92 Å². The van der Waals surface area contributed by atoms with Gasteiger partial charge in [-0.15, -0.1) is 0 Å². The molecule has 0 spiro atoms. The number of epoxide rings is 1. The summed E-state index contributed by atoms with van der Waals surface area (Å²) in [6.45, 7) is 7.95. The second-order valence-electron chi connectivity index (χ2n) is 4.32. The summed E-state index contributed by atoms with van der Waals surface area (Å²) in [6.07, 6.45) is 1.85. The molecule has 0 aromatic heterocycles. The SMILES string of the molecule is C=C(C)[C@@H]1CC(O)[C@]2(C)O[C@H]2C1. The summed E-state index contributed by atoms with van der Waals surface area (Å²) in [6, 6.07) is 0. The normalized spacial score (nSPS) is 51.4. The first-order chi connectivity index (χ1) is 5.54. The van der Waals surface area contributed by atoms with E-state index >= 15 is 0 Å². The second-order valence-corrected chi connectivity index (χ2v) is 4.32. The Morgan fingerprint density at radius 1 is 1.58 bits per heavy atom. The van der Waals surface area contributed by atoms with Crippen molar-refractivity contribution < 1.29 is 9.84 Å². The molecular formula is C10H16O2. The van der Waals surface area contributed by atoms with Gasteiger partial charge >= 0.3 is 0 Å². The largest absolute Gasteiger partial charge is 0.390 e. The maximum Gasteiger partial charge on any atom is 0.118 e. The van der Waals surface area contributed by atoms with Crippen molar-refractivity contribution in [1.29, 1.82) is 0 Å². The van der Waals surface area contributed by atoms with E-state index in [1.165, 1.54) is 5.57 Å². The predicted molar refractivity (Wildman–Crippen MR) is 46.8 cm³/mol. The molecule has 0 radical (unpaired) electrons. The number of aliphatic hydroxyl groups excluding tert-OH is 1. The average Bonchev–Trinajstić information content (AvgIpc) is 2.62. The molecule has 12 heavy (non-hydrogen) atoms. The van der Waals surface area contributed by atoms with Gasteiger partial charge in [0.05, 0.1) is 12.2 Å². The fraction of sp³-hybridized carbons (Fsp3) is 0.800. The molecule has 1 aliphatic carbocycles. The molecule has 0 aromatic rings. The van der Waals surface area contributed by atoms with Gasteiger partial charge in [0, 0.05) is 0 Å². The van der Waals surface area contributed by atoms with Crippen LogP contribution < -0.4 is 0 Å². The monoisotopic (exact) mass is 168 g/mol. The van der Waals surface area contributed by atoms with Crippen molar-refractivity contribution in [2.24, 2.45) is 5.92 Å². The van der Waals surface area contributed by atoms with Gasteiger partial charge in [-0.2, -0.15) is 0 Å². The standard InChI is InChI=1S/C10H16O2/c1-6(2)7-4-8(11)10(3)9(5-7)12-10/h7-9,11H,1,4-5H2,2-3H3/t7-,8?,9+,10+/m1/s1. The summed E-state index contributed by atoms with van der Waals surface area (Å²) in [4.78, 5) is 0. The van der Waals surface area contributed by atoms with Crippen LogP contribution in [0.3, 0.4) is 0 Å². The molecule has 2 heteroatoms. The average molecular weight is 168 g/mol. The molecule has 1 heterocycles. The minimum absolute atomic E-state index is 0.216. The van der Waals surface area contributed by atoms with E-state index < -0.39 is 0 Å². The summed E-state index contributed by atoms with van der Waals surface area (Å²) in [5, 5.41) is 9.73. The van der Waals surface area contributed by atoms with Crippen LogP contribution in [0.4, 0.5) is 0 Å². The van der Waals surface area contributed by atoms with Gasteiger partial charge in [0.2, 0.25) is 0 Å². The van der Waals surface area contributed by atoms with Crippen molar-refractivity contribution in [3.8, 4) is 0 Å². The number of hydrogen-bond acceptors (Lipinski definition) is 2. The predicted octanol–water partition coefficient (Wildman–Crippen LogP) is 1.49. The summed E-state index contributed by atoms with van der Waals surface area (Å²) < 4.78 is 5.47. The Morgan fingerprint density at radius 3 is 2.75 bits per heavy atom. The van der Waals surface area contributed by atoms with Gasteiger partial charge in [-0.3, -0.25) is 0 Å². The minimum Gasteiger partial charge on any atom is -0.390 e. The minimum atomic E-state index is -0.294.